The van der Waals surface area contributed by atoms with Gasteiger partial charge in [-0.25, -0.2) is 0 Å². The molecule has 1 fully saturated rings. The summed E-state index contributed by atoms with van der Waals surface area (Å²) in [6.07, 6.45) is 3.57. The van der Waals surface area contributed by atoms with Crippen LogP contribution in [0.2, 0.25) is 0 Å². The molecule has 132 valence electrons. The molecular weight excluding hydrogens is 314 g/mol. The van der Waals surface area contributed by atoms with Crippen molar-refractivity contribution in [3.05, 3.63) is 47.3 Å². The van der Waals surface area contributed by atoms with Gasteiger partial charge < -0.3 is 9.64 Å². The first-order valence-electron chi connectivity index (χ1n) is 9.18. The normalized spacial score (nSPS) is 22.6. The number of carbonyl (C=O) groups excluding carboxylic acids is 1. The molecule has 3 heterocycles. The molecule has 25 heavy (non-hydrogen) atoms. The molecule has 0 spiro atoms. The molecule has 5 heteroatoms. The van der Waals surface area contributed by atoms with Crippen molar-refractivity contribution in [2.24, 2.45) is 0 Å². The Kier molecular flexibility index (Phi) is 4.24. The first-order valence-corrected chi connectivity index (χ1v) is 9.18. The van der Waals surface area contributed by atoms with Crippen LogP contribution in [0.4, 0.5) is 0 Å². The van der Waals surface area contributed by atoms with Crippen molar-refractivity contribution in [1.82, 2.24) is 14.7 Å². The second kappa shape index (κ2) is 6.54. The van der Waals surface area contributed by atoms with Crippen molar-refractivity contribution in [2.75, 3.05) is 6.54 Å². The Morgan fingerprint density at radius 2 is 2.12 bits per heavy atom. The predicted octanol–water partition coefficient (Wildman–Crippen LogP) is 2.88. The van der Waals surface area contributed by atoms with Crippen LogP contribution >= 0.6 is 0 Å². The summed E-state index contributed by atoms with van der Waals surface area (Å²) in [7, 11) is 0. The first-order chi connectivity index (χ1) is 12.1. The average molecular weight is 339 g/mol. The van der Waals surface area contributed by atoms with Gasteiger partial charge in [-0.2, -0.15) is 5.10 Å². The number of nitrogens with zero attached hydrogens (tertiary/aromatic N) is 3. The van der Waals surface area contributed by atoms with Gasteiger partial charge in [0, 0.05) is 18.7 Å². The van der Waals surface area contributed by atoms with Crippen LogP contribution in [-0.4, -0.2) is 39.3 Å². The monoisotopic (exact) mass is 339 g/mol. The molecule has 2 aliphatic rings. The number of aromatic nitrogens is 2. The van der Waals surface area contributed by atoms with E-state index in [1.54, 1.807) is 0 Å². The lowest BCUT2D eigenvalue weighted by Crippen LogP contribution is -2.51. The number of carbonyl (C=O) groups is 1. The second-order valence-electron chi connectivity index (χ2n) is 7.21. The van der Waals surface area contributed by atoms with Crippen LogP contribution in [0, 0.1) is 13.8 Å². The Labute approximate surface area is 148 Å². The molecule has 0 radical (unpaired) electrons. The fourth-order valence-electron chi connectivity index (χ4n) is 4.04. The molecule has 5 nitrogen and oxygen atoms in total. The summed E-state index contributed by atoms with van der Waals surface area (Å²) in [4.78, 5) is 15.2. The van der Waals surface area contributed by atoms with E-state index in [0.717, 1.165) is 48.6 Å². The van der Waals surface area contributed by atoms with Gasteiger partial charge >= 0.3 is 0 Å². The lowest BCUT2D eigenvalue weighted by atomic mass is 10.00. The van der Waals surface area contributed by atoms with Crippen molar-refractivity contribution in [3.63, 3.8) is 0 Å². The minimum Gasteiger partial charge on any atom is -0.480 e. The van der Waals surface area contributed by atoms with Crippen molar-refractivity contribution in [3.8, 4) is 5.75 Å². The van der Waals surface area contributed by atoms with Gasteiger partial charge in [-0.1, -0.05) is 18.2 Å². The Balaban J connectivity index is 1.49. The van der Waals surface area contributed by atoms with E-state index in [0.29, 0.717) is 6.42 Å². The van der Waals surface area contributed by atoms with Crippen molar-refractivity contribution in [1.29, 1.82) is 0 Å². The molecule has 0 bridgehead atoms. The molecule has 4 rings (SSSR count). The van der Waals surface area contributed by atoms with Gasteiger partial charge in [0.2, 0.25) is 0 Å². The van der Waals surface area contributed by atoms with Crippen LogP contribution in [-0.2, 0) is 17.8 Å². The second-order valence-corrected chi connectivity index (χ2v) is 7.21. The molecule has 1 aromatic carbocycles. The molecule has 1 aromatic heterocycles. The highest BCUT2D eigenvalue weighted by molar-refractivity contribution is 5.83. The summed E-state index contributed by atoms with van der Waals surface area (Å²) in [6, 6.07) is 10.2. The predicted molar refractivity (Wildman–Crippen MR) is 95.6 cm³/mol. The topological polar surface area (TPSA) is 47.4 Å². The zero-order chi connectivity index (χ0) is 17.4. The van der Waals surface area contributed by atoms with E-state index in [1.165, 1.54) is 6.42 Å². The Hall–Kier alpha value is -2.30. The number of para-hydroxylation sites is 1. The van der Waals surface area contributed by atoms with Gasteiger partial charge in [0.15, 0.2) is 6.10 Å². The van der Waals surface area contributed by atoms with Crippen LogP contribution in [0.25, 0.3) is 0 Å². The molecule has 0 saturated carbocycles. The molecule has 0 aliphatic carbocycles. The molecule has 0 N–H and O–H groups in total. The summed E-state index contributed by atoms with van der Waals surface area (Å²) >= 11 is 0. The number of amides is 1. The average Bonchev–Trinajstić information content (AvgIpc) is 3.17. The van der Waals surface area contributed by atoms with Crippen LogP contribution in [0.5, 0.6) is 5.75 Å². The number of rotatable bonds is 3. The number of hydrogen-bond acceptors (Lipinski definition) is 3. The molecule has 1 amide bonds. The van der Waals surface area contributed by atoms with Gasteiger partial charge in [-0.3, -0.25) is 9.48 Å². The maximum Gasteiger partial charge on any atom is 0.264 e. The molecule has 2 atom stereocenters. The van der Waals surface area contributed by atoms with E-state index in [-0.39, 0.29) is 18.1 Å². The number of hydrogen-bond donors (Lipinski definition) is 0. The van der Waals surface area contributed by atoms with Crippen LogP contribution in [0.3, 0.4) is 0 Å². The van der Waals surface area contributed by atoms with Gasteiger partial charge in [0.1, 0.15) is 5.75 Å². The van der Waals surface area contributed by atoms with E-state index in [1.807, 2.05) is 40.8 Å². The molecule has 1 saturated heterocycles. The smallest absolute Gasteiger partial charge is 0.264 e. The molecule has 2 aromatic rings. The Bertz CT molecular complexity index is 758. The Morgan fingerprint density at radius 1 is 1.28 bits per heavy atom. The number of fused-ring (bicyclic) bond motifs is 1. The van der Waals surface area contributed by atoms with Crippen LogP contribution < -0.4 is 4.74 Å². The summed E-state index contributed by atoms with van der Waals surface area (Å²) < 4.78 is 7.97. The van der Waals surface area contributed by atoms with E-state index in [4.69, 9.17) is 4.74 Å². The third kappa shape index (κ3) is 3.15. The van der Waals surface area contributed by atoms with Gasteiger partial charge in [-0.05, 0) is 50.8 Å². The minimum absolute atomic E-state index is 0.127. The zero-order valence-electron chi connectivity index (χ0n) is 14.9. The number of ether oxygens (including phenoxy) is 1. The Morgan fingerprint density at radius 3 is 2.88 bits per heavy atom. The highest BCUT2D eigenvalue weighted by atomic mass is 16.5. The summed E-state index contributed by atoms with van der Waals surface area (Å²) in [6.45, 7) is 5.67. The van der Waals surface area contributed by atoms with Gasteiger partial charge in [0.05, 0.1) is 18.3 Å². The van der Waals surface area contributed by atoms with E-state index in [2.05, 4.69) is 18.1 Å². The third-order valence-electron chi connectivity index (χ3n) is 5.32. The van der Waals surface area contributed by atoms with Gasteiger partial charge in [0.25, 0.3) is 5.91 Å². The van der Waals surface area contributed by atoms with Crippen molar-refractivity contribution >= 4 is 5.91 Å². The number of aryl methyl sites for hydroxylation is 2. The first kappa shape index (κ1) is 16.2. The molecular formula is C20H25N3O2. The van der Waals surface area contributed by atoms with Gasteiger partial charge in [-0.15, -0.1) is 0 Å². The highest BCUT2D eigenvalue weighted by Gasteiger charge is 2.36. The van der Waals surface area contributed by atoms with E-state index >= 15 is 0 Å². The summed E-state index contributed by atoms with van der Waals surface area (Å²) in [5, 5.41) is 4.58. The van der Waals surface area contributed by atoms with Crippen molar-refractivity contribution in [2.45, 2.75) is 58.2 Å². The maximum absolute atomic E-state index is 13.1. The standard InChI is InChI=1S/C20H25N3O2/c1-14-11-15(2)23(21-14)13-17-8-5-6-10-22(17)20(24)19-12-16-7-3-4-9-18(16)25-19/h3-4,7,9,11,17,19H,5-6,8,10,12-13H2,1-2H3/t17-,19+/m1/s1. The quantitative estimate of drug-likeness (QED) is 0.864. The zero-order valence-corrected chi connectivity index (χ0v) is 14.9. The fraction of sp³-hybridized carbons (Fsp3) is 0.500. The summed E-state index contributed by atoms with van der Waals surface area (Å²) in [5.74, 6) is 0.982. The van der Waals surface area contributed by atoms with Crippen molar-refractivity contribution < 1.29 is 9.53 Å². The van der Waals surface area contributed by atoms with Crippen LogP contribution in [0.15, 0.2) is 30.3 Å². The lowest BCUT2D eigenvalue weighted by Gasteiger charge is -2.37. The minimum atomic E-state index is -0.376. The largest absolute Gasteiger partial charge is 0.480 e. The van der Waals surface area contributed by atoms with E-state index < -0.39 is 0 Å². The van der Waals surface area contributed by atoms with Crippen LogP contribution in [0.1, 0.15) is 36.2 Å². The fourth-order valence-corrected chi connectivity index (χ4v) is 4.04. The third-order valence-corrected chi connectivity index (χ3v) is 5.32. The number of piperidine rings is 1. The lowest BCUT2D eigenvalue weighted by molar-refractivity contribution is -0.142. The summed E-state index contributed by atoms with van der Waals surface area (Å²) in [5.41, 5.74) is 3.31. The highest BCUT2D eigenvalue weighted by Crippen LogP contribution is 2.30. The number of likely N-dealkylation sites (tertiary alicyclic amines) is 1. The molecule has 2 aliphatic heterocycles. The van der Waals surface area contributed by atoms with E-state index in [9.17, 15) is 4.79 Å². The molecule has 0 unspecified atom stereocenters. The maximum atomic E-state index is 13.1. The SMILES string of the molecule is Cc1cc(C)n(C[C@H]2CCCCN2C(=O)[C@@H]2Cc3ccccc3O2)n1. The number of benzene rings is 1.